The molecule has 18 heavy (non-hydrogen) atoms. The Hall–Kier alpha value is -0.580. The molecule has 0 nitrogen and oxygen atoms in total. The SMILES string of the molecule is Fc1ccccc1C(=C(Cl)Cl)c1ccccc1I. The maximum Gasteiger partial charge on any atom is 0.131 e. The van der Waals surface area contributed by atoms with Crippen molar-refractivity contribution in [3.8, 4) is 0 Å². The average Bonchev–Trinajstić information content (AvgIpc) is 2.34. The quantitative estimate of drug-likeness (QED) is 0.581. The summed E-state index contributed by atoms with van der Waals surface area (Å²) in [5, 5.41) is 0. The van der Waals surface area contributed by atoms with Gasteiger partial charge in [-0.3, -0.25) is 0 Å². The van der Waals surface area contributed by atoms with Crippen molar-refractivity contribution in [3.05, 3.63) is 73.5 Å². The van der Waals surface area contributed by atoms with E-state index >= 15 is 0 Å². The van der Waals surface area contributed by atoms with Crippen molar-refractivity contribution < 1.29 is 4.39 Å². The first-order valence-corrected chi connectivity index (χ1v) is 7.00. The van der Waals surface area contributed by atoms with Crippen molar-refractivity contribution >= 4 is 51.4 Å². The van der Waals surface area contributed by atoms with Gasteiger partial charge in [0.15, 0.2) is 0 Å². The zero-order chi connectivity index (χ0) is 13.1. The molecule has 2 aromatic rings. The lowest BCUT2D eigenvalue weighted by Crippen LogP contribution is -1.95. The summed E-state index contributed by atoms with van der Waals surface area (Å²) >= 11 is 14.0. The molecule has 4 heteroatoms. The van der Waals surface area contributed by atoms with Crippen LogP contribution in [0.15, 0.2) is 53.0 Å². The second-order valence-electron chi connectivity index (χ2n) is 3.60. The normalized spacial score (nSPS) is 10.2. The van der Waals surface area contributed by atoms with Crippen LogP contribution in [0.5, 0.6) is 0 Å². The van der Waals surface area contributed by atoms with Crippen LogP contribution >= 0.6 is 45.8 Å². The van der Waals surface area contributed by atoms with Crippen LogP contribution in [-0.4, -0.2) is 0 Å². The van der Waals surface area contributed by atoms with Crippen LogP contribution in [0.3, 0.4) is 0 Å². The van der Waals surface area contributed by atoms with Crippen molar-refractivity contribution in [2.75, 3.05) is 0 Å². The molecule has 0 unspecified atom stereocenters. The molecule has 0 aliphatic heterocycles. The highest BCUT2D eigenvalue weighted by atomic mass is 127. The van der Waals surface area contributed by atoms with Gasteiger partial charge in [0.05, 0.1) is 0 Å². The number of benzene rings is 2. The van der Waals surface area contributed by atoms with E-state index in [9.17, 15) is 4.39 Å². The van der Waals surface area contributed by atoms with Crippen molar-refractivity contribution in [1.82, 2.24) is 0 Å². The highest BCUT2D eigenvalue weighted by molar-refractivity contribution is 14.1. The highest BCUT2D eigenvalue weighted by Gasteiger charge is 2.15. The van der Waals surface area contributed by atoms with Crippen LogP contribution in [-0.2, 0) is 0 Å². The van der Waals surface area contributed by atoms with Gasteiger partial charge in [-0.15, -0.1) is 0 Å². The van der Waals surface area contributed by atoms with Gasteiger partial charge in [-0.1, -0.05) is 59.6 Å². The summed E-state index contributed by atoms with van der Waals surface area (Å²) in [7, 11) is 0. The van der Waals surface area contributed by atoms with Crippen LogP contribution in [0.4, 0.5) is 4.39 Å². The highest BCUT2D eigenvalue weighted by Crippen LogP contribution is 2.34. The van der Waals surface area contributed by atoms with E-state index in [1.807, 2.05) is 24.3 Å². The van der Waals surface area contributed by atoms with E-state index in [1.165, 1.54) is 6.07 Å². The van der Waals surface area contributed by atoms with E-state index in [2.05, 4.69) is 22.6 Å². The number of hydrogen-bond donors (Lipinski definition) is 0. The lowest BCUT2D eigenvalue weighted by molar-refractivity contribution is 0.624. The molecule has 0 atom stereocenters. The van der Waals surface area contributed by atoms with E-state index in [-0.39, 0.29) is 10.3 Å². The Bertz CT molecular complexity index is 557. The fourth-order valence-electron chi connectivity index (χ4n) is 1.68. The van der Waals surface area contributed by atoms with Gasteiger partial charge < -0.3 is 0 Å². The number of hydrogen-bond acceptors (Lipinski definition) is 0. The van der Waals surface area contributed by atoms with Crippen LogP contribution in [0.1, 0.15) is 11.1 Å². The number of rotatable bonds is 2. The maximum absolute atomic E-state index is 13.9. The third-order valence-electron chi connectivity index (χ3n) is 2.48. The Labute approximate surface area is 129 Å². The largest absolute Gasteiger partial charge is 0.206 e. The Morgan fingerprint density at radius 1 is 0.889 bits per heavy atom. The fourth-order valence-corrected chi connectivity index (χ4v) is 2.74. The Balaban J connectivity index is 2.68. The molecule has 0 heterocycles. The van der Waals surface area contributed by atoms with Crippen molar-refractivity contribution in [1.29, 1.82) is 0 Å². The van der Waals surface area contributed by atoms with Crippen LogP contribution < -0.4 is 0 Å². The molecule has 2 rings (SSSR count). The molecule has 2 aromatic carbocycles. The van der Waals surface area contributed by atoms with Gasteiger partial charge in [0.25, 0.3) is 0 Å². The van der Waals surface area contributed by atoms with E-state index in [0.717, 1.165) is 9.13 Å². The van der Waals surface area contributed by atoms with Gasteiger partial charge in [0, 0.05) is 14.7 Å². The van der Waals surface area contributed by atoms with Gasteiger partial charge in [-0.25, -0.2) is 4.39 Å². The average molecular weight is 393 g/mol. The molecule has 0 radical (unpaired) electrons. The summed E-state index contributed by atoms with van der Waals surface area (Å²) in [6.45, 7) is 0. The van der Waals surface area contributed by atoms with E-state index in [0.29, 0.717) is 11.1 Å². The minimum Gasteiger partial charge on any atom is -0.206 e. The monoisotopic (exact) mass is 392 g/mol. The molecule has 92 valence electrons. The third-order valence-corrected chi connectivity index (χ3v) is 3.79. The summed E-state index contributed by atoms with van der Waals surface area (Å²) in [5.74, 6) is -0.342. The molecule has 0 saturated heterocycles. The minimum atomic E-state index is -0.342. The van der Waals surface area contributed by atoms with Gasteiger partial charge in [-0.2, -0.15) is 0 Å². The molecule has 0 fully saturated rings. The lowest BCUT2D eigenvalue weighted by Gasteiger charge is -2.11. The van der Waals surface area contributed by atoms with Crippen molar-refractivity contribution in [3.63, 3.8) is 0 Å². The zero-order valence-electron chi connectivity index (χ0n) is 9.13. The third kappa shape index (κ3) is 2.87. The predicted molar refractivity (Wildman–Crippen MR) is 83.3 cm³/mol. The van der Waals surface area contributed by atoms with E-state index < -0.39 is 0 Å². The summed E-state index contributed by atoms with van der Waals surface area (Å²) in [6, 6.07) is 14.0. The van der Waals surface area contributed by atoms with Gasteiger partial charge in [0.2, 0.25) is 0 Å². The topological polar surface area (TPSA) is 0 Å². The van der Waals surface area contributed by atoms with E-state index in [4.69, 9.17) is 23.2 Å². The molecule has 0 N–H and O–H groups in total. The second kappa shape index (κ2) is 6.04. The van der Waals surface area contributed by atoms with Gasteiger partial charge in [0.1, 0.15) is 10.3 Å². The Morgan fingerprint density at radius 2 is 1.44 bits per heavy atom. The molecular weight excluding hydrogens is 385 g/mol. The van der Waals surface area contributed by atoms with Crippen LogP contribution in [0.25, 0.3) is 5.57 Å². The van der Waals surface area contributed by atoms with Crippen molar-refractivity contribution in [2.45, 2.75) is 0 Å². The van der Waals surface area contributed by atoms with E-state index in [1.54, 1.807) is 18.2 Å². The summed E-state index contributed by atoms with van der Waals surface area (Å²) in [6.07, 6.45) is 0. The van der Waals surface area contributed by atoms with Gasteiger partial charge in [-0.05, 0) is 40.3 Å². The predicted octanol–water partition coefficient (Wildman–Crippen LogP) is 5.62. The zero-order valence-corrected chi connectivity index (χ0v) is 12.8. The molecule has 0 spiro atoms. The fraction of sp³-hybridized carbons (Fsp3) is 0. The molecule has 0 saturated carbocycles. The minimum absolute atomic E-state index is 0.0595. The maximum atomic E-state index is 13.9. The first-order chi connectivity index (χ1) is 8.61. The smallest absolute Gasteiger partial charge is 0.131 e. The number of halogens is 4. The lowest BCUT2D eigenvalue weighted by atomic mass is 9.99. The van der Waals surface area contributed by atoms with Crippen LogP contribution in [0.2, 0.25) is 0 Å². The second-order valence-corrected chi connectivity index (χ2v) is 5.71. The summed E-state index contributed by atoms with van der Waals surface area (Å²) in [5.41, 5.74) is 1.74. The molecule has 0 aliphatic carbocycles. The molecule has 0 amide bonds. The Kier molecular flexibility index (Phi) is 4.65. The summed E-state index contributed by atoms with van der Waals surface area (Å²) in [4.78, 5) is 0. The van der Waals surface area contributed by atoms with Crippen LogP contribution in [0, 0.1) is 9.39 Å². The first-order valence-electron chi connectivity index (χ1n) is 5.16. The molecule has 0 aliphatic rings. The molecule has 0 bridgehead atoms. The summed E-state index contributed by atoms with van der Waals surface area (Å²) < 4.78 is 14.9. The first kappa shape index (κ1) is 13.8. The Morgan fingerprint density at radius 3 is 2.00 bits per heavy atom. The van der Waals surface area contributed by atoms with Crippen molar-refractivity contribution in [2.24, 2.45) is 0 Å². The van der Waals surface area contributed by atoms with Gasteiger partial charge >= 0.3 is 0 Å². The molecule has 0 aromatic heterocycles. The molecular formula is C14H8Cl2FI. The standard InChI is InChI=1S/C14H8Cl2FI/c15-14(16)13(9-5-1-3-7-11(9)17)10-6-2-4-8-12(10)18/h1-8H.